The molecule has 0 aliphatic rings. The summed E-state index contributed by atoms with van der Waals surface area (Å²) in [4.78, 5) is 11.7. The van der Waals surface area contributed by atoms with Gasteiger partial charge in [0.05, 0.1) is 5.56 Å². The summed E-state index contributed by atoms with van der Waals surface area (Å²) in [6, 6.07) is 3.97. The number of nitrogens with zero attached hydrogens (tertiary/aromatic N) is 2. The lowest BCUT2D eigenvalue weighted by atomic mass is 10.1. The number of thiophene rings is 1. The van der Waals surface area contributed by atoms with Gasteiger partial charge >= 0.3 is 0 Å². The van der Waals surface area contributed by atoms with Crippen molar-refractivity contribution >= 4 is 23.7 Å². The molecule has 0 unspecified atom stereocenters. The molecule has 1 heterocycles. The maximum Gasteiger partial charge on any atom is 0.145 e. The van der Waals surface area contributed by atoms with Crippen LogP contribution in [-0.4, -0.2) is 6.29 Å². The number of hydrogen-bond acceptors (Lipinski definition) is 4. The molecule has 1 aromatic heterocycles. The summed E-state index contributed by atoms with van der Waals surface area (Å²) in [6.07, 6.45) is 2.44. The van der Waals surface area contributed by atoms with Gasteiger partial charge < -0.3 is 0 Å². The Hall–Kier alpha value is -1.91. The van der Waals surface area contributed by atoms with E-state index in [4.69, 9.17) is 10.5 Å². The van der Waals surface area contributed by atoms with Gasteiger partial charge in [-0.25, -0.2) is 0 Å². The van der Waals surface area contributed by atoms with Crippen molar-refractivity contribution in [3.8, 4) is 12.1 Å². The summed E-state index contributed by atoms with van der Waals surface area (Å²) in [5.41, 5.74) is 1.75. The molecular formula is C11H8N2OS. The molecule has 0 aliphatic carbocycles. The number of hydrogen-bond donors (Lipinski definition) is 0. The van der Waals surface area contributed by atoms with Gasteiger partial charge in [0.15, 0.2) is 0 Å². The summed E-state index contributed by atoms with van der Waals surface area (Å²) < 4.78 is 0. The predicted molar refractivity (Wildman–Crippen MR) is 58.2 cm³/mol. The van der Waals surface area contributed by atoms with Crippen molar-refractivity contribution < 1.29 is 4.79 Å². The molecule has 0 aromatic carbocycles. The molecule has 0 spiro atoms. The fourth-order valence-electron chi connectivity index (χ4n) is 1.12. The van der Waals surface area contributed by atoms with E-state index in [0.29, 0.717) is 16.0 Å². The van der Waals surface area contributed by atoms with Crippen LogP contribution in [0.1, 0.15) is 27.8 Å². The molecule has 1 aromatic rings. The first-order chi connectivity index (χ1) is 7.13. The van der Waals surface area contributed by atoms with Crippen LogP contribution in [0.3, 0.4) is 0 Å². The van der Waals surface area contributed by atoms with E-state index >= 15 is 0 Å². The second kappa shape index (κ2) is 4.54. The Morgan fingerprint density at radius 3 is 2.47 bits per heavy atom. The van der Waals surface area contributed by atoms with E-state index in [1.807, 2.05) is 12.1 Å². The molecule has 4 heteroatoms. The van der Waals surface area contributed by atoms with Crippen molar-refractivity contribution in [1.29, 1.82) is 10.5 Å². The lowest BCUT2D eigenvalue weighted by Gasteiger charge is -1.90. The van der Waals surface area contributed by atoms with Gasteiger partial charge in [-0.1, -0.05) is 0 Å². The van der Waals surface area contributed by atoms with Crippen molar-refractivity contribution in [2.75, 3.05) is 0 Å². The lowest BCUT2D eigenvalue weighted by molar-refractivity contribution is -0.104. The van der Waals surface area contributed by atoms with Crippen LogP contribution in [-0.2, 0) is 4.79 Å². The van der Waals surface area contributed by atoms with Crippen LogP contribution in [0, 0.1) is 29.6 Å². The number of carbonyl (C=O) groups is 1. The van der Waals surface area contributed by atoms with Crippen LogP contribution in [0.4, 0.5) is 0 Å². The maximum absolute atomic E-state index is 10.5. The smallest absolute Gasteiger partial charge is 0.145 e. The topological polar surface area (TPSA) is 64.7 Å². The van der Waals surface area contributed by atoms with Gasteiger partial charge in [-0.2, -0.15) is 10.5 Å². The van der Waals surface area contributed by atoms with E-state index in [0.717, 1.165) is 16.7 Å². The third-order valence-electron chi connectivity index (χ3n) is 1.94. The summed E-state index contributed by atoms with van der Waals surface area (Å²) in [5, 5.41) is 17.6. The number of nitriles is 2. The Morgan fingerprint density at radius 2 is 2.07 bits per heavy atom. The summed E-state index contributed by atoms with van der Waals surface area (Å²) in [7, 11) is 0. The van der Waals surface area contributed by atoms with Crippen LogP contribution >= 0.6 is 11.3 Å². The first-order valence-corrected chi connectivity index (χ1v) is 5.02. The lowest BCUT2D eigenvalue weighted by Crippen LogP contribution is -1.80. The van der Waals surface area contributed by atoms with E-state index in [2.05, 4.69) is 0 Å². The standard InChI is InChI=1S/C11H8N2OS/c1-7(6-14)3-10-8(2)9(4-12)11(5-13)15-10/h3,6H,1-2H3/b7-3-. The van der Waals surface area contributed by atoms with Crippen LogP contribution in [0.25, 0.3) is 6.08 Å². The van der Waals surface area contributed by atoms with Gasteiger partial charge in [0.1, 0.15) is 23.3 Å². The molecule has 0 atom stereocenters. The predicted octanol–water partition coefficient (Wildman–Crippen LogP) is 2.40. The van der Waals surface area contributed by atoms with Gasteiger partial charge in [0.2, 0.25) is 0 Å². The molecule has 3 nitrogen and oxygen atoms in total. The van der Waals surface area contributed by atoms with Gasteiger partial charge in [-0.3, -0.25) is 4.79 Å². The summed E-state index contributed by atoms with van der Waals surface area (Å²) >= 11 is 1.24. The fourth-order valence-corrected chi connectivity index (χ4v) is 2.19. The number of aldehydes is 1. The Bertz CT molecular complexity index is 512. The second-order valence-electron chi connectivity index (χ2n) is 3.03. The minimum Gasteiger partial charge on any atom is -0.298 e. The van der Waals surface area contributed by atoms with E-state index in [9.17, 15) is 4.79 Å². The average Bonchev–Trinajstić information content (AvgIpc) is 2.55. The summed E-state index contributed by atoms with van der Waals surface area (Å²) in [6.45, 7) is 3.46. The SMILES string of the molecule is C/C(C=O)=C/c1sc(C#N)c(C#N)c1C. The molecule has 0 aliphatic heterocycles. The normalized spacial score (nSPS) is 10.5. The van der Waals surface area contributed by atoms with Gasteiger partial charge in [0.25, 0.3) is 0 Å². The average molecular weight is 216 g/mol. The molecule has 1 rings (SSSR count). The first-order valence-electron chi connectivity index (χ1n) is 4.21. The zero-order chi connectivity index (χ0) is 11.4. The molecule has 0 amide bonds. The second-order valence-corrected chi connectivity index (χ2v) is 4.08. The van der Waals surface area contributed by atoms with Crippen molar-refractivity contribution in [2.45, 2.75) is 13.8 Å². The van der Waals surface area contributed by atoms with Crippen LogP contribution in [0.2, 0.25) is 0 Å². The van der Waals surface area contributed by atoms with Crippen molar-refractivity contribution in [3.63, 3.8) is 0 Å². The highest BCUT2D eigenvalue weighted by Gasteiger charge is 2.12. The van der Waals surface area contributed by atoms with Crippen molar-refractivity contribution in [2.24, 2.45) is 0 Å². The highest BCUT2D eigenvalue weighted by molar-refractivity contribution is 7.13. The zero-order valence-corrected chi connectivity index (χ0v) is 9.18. The monoisotopic (exact) mass is 216 g/mol. The highest BCUT2D eigenvalue weighted by Crippen LogP contribution is 2.28. The van der Waals surface area contributed by atoms with E-state index in [-0.39, 0.29) is 0 Å². The van der Waals surface area contributed by atoms with Gasteiger partial charge in [-0.05, 0) is 31.1 Å². The number of rotatable bonds is 2. The van der Waals surface area contributed by atoms with Gasteiger partial charge in [0, 0.05) is 4.88 Å². The summed E-state index contributed by atoms with van der Waals surface area (Å²) in [5.74, 6) is 0. The number of carbonyl (C=O) groups excluding carboxylic acids is 1. The van der Waals surface area contributed by atoms with Crippen LogP contribution in [0.5, 0.6) is 0 Å². The quantitative estimate of drug-likeness (QED) is 0.563. The third kappa shape index (κ3) is 2.12. The van der Waals surface area contributed by atoms with Crippen molar-refractivity contribution in [3.05, 3.63) is 26.5 Å². The van der Waals surface area contributed by atoms with Crippen molar-refractivity contribution in [1.82, 2.24) is 0 Å². The Kier molecular flexibility index (Phi) is 3.38. The highest BCUT2D eigenvalue weighted by atomic mass is 32.1. The molecular weight excluding hydrogens is 208 g/mol. The minimum atomic E-state index is 0.403. The molecule has 74 valence electrons. The van der Waals surface area contributed by atoms with E-state index < -0.39 is 0 Å². The maximum atomic E-state index is 10.5. The molecule has 0 saturated carbocycles. The first kappa shape index (κ1) is 11.2. The molecule has 0 radical (unpaired) electrons. The molecule has 0 saturated heterocycles. The molecule has 0 fully saturated rings. The molecule has 0 bridgehead atoms. The molecule has 0 N–H and O–H groups in total. The van der Waals surface area contributed by atoms with Gasteiger partial charge in [-0.15, -0.1) is 11.3 Å². The van der Waals surface area contributed by atoms with E-state index in [1.165, 1.54) is 11.3 Å². The zero-order valence-electron chi connectivity index (χ0n) is 8.37. The largest absolute Gasteiger partial charge is 0.298 e. The Morgan fingerprint density at radius 1 is 1.40 bits per heavy atom. The third-order valence-corrected chi connectivity index (χ3v) is 3.09. The van der Waals surface area contributed by atoms with E-state index in [1.54, 1.807) is 19.9 Å². The minimum absolute atomic E-state index is 0.403. The number of allylic oxidation sites excluding steroid dienone is 1. The Labute approximate surface area is 91.9 Å². The van der Waals surface area contributed by atoms with Crippen LogP contribution in [0.15, 0.2) is 5.57 Å². The fraction of sp³-hybridized carbons (Fsp3) is 0.182. The Balaban J connectivity index is 3.37. The van der Waals surface area contributed by atoms with Crippen LogP contribution < -0.4 is 0 Å². The molecule has 15 heavy (non-hydrogen) atoms.